The largest absolute Gasteiger partial charge is 0.366 e. The summed E-state index contributed by atoms with van der Waals surface area (Å²) in [5, 5.41) is 19.1. The lowest BCUT2D eigenvalue weighted by Gasteiger charge is -2.54. The Bertz CT molecular complexity index is 1410. The molecule has 1 aromatic heterocycles. The second-order valence-corrected chi connectivity index (χ2v) is 14.5. The van der Waals surface area contributed by atoms with Gasteiger partial charge in [0.05, 0.1) is 10.6 Å². The monoisotopic (exact) mass is 549 g/mol. The summed E-state index contributed by atoms with van der Waals surface area (Å²) in [5.41, 5.74) is 2.37. The number of rotatable bonds is 8. The molecule has 39 heavy (non-hydrogen) atoms. The van der Waals surface area contributed by atoms with Crippen LogP contribution in [0.2, 0.25) is 0 Å². The first-order valence-corrected chi connectivity index (χ1v) is 15.8. The Balaban J connectivity index is 1.29. The molecule has 0 amide bonds. The molecule has 2 N–H and O–H groups in total. The topological polar surface area (TPSA) is 117 Å². The van der Waals surface area contributed by atoms with Crippen molar-refractivity contribution in [2.75, 3.05) is 56.0 Å². The number of hydrogen-bond acceptors (Lipinski definition) is 9. The van der Waals surface area contributed by atoms with Crippen LogP contribution in [0.3, 0.4) is 0 Å². The summed E-state index contributed by atoms with van der Waals surface area (Å²) in [6.07, 6.45) is 6.17. The van der Waals surface area contributed by atoms with E-state index in [4.69, 9.17) is 0 Å². The van der Waals surface area contributed by atoms with E-state index in [0.29, 0.717) is 34.6 Å². The standard InChI is InChI=1S/C28H36N7O3P/c1-33(2)21-18-28(19-21)12-15-34(16-13-28)23-10-9-20(17-24(23)35(36)37)30-27-29-14-11-26(32-27)31-22-7-5-6-8-25(22)39(3,4)38/h5-11,14,17,21H,12-13,15-16,18-19H2,1-4H3,(H2,29,30,31,32). The van der Waals surface area contributed by atoms with E-state index >= 15 is 0 Å². The lowest BCUT2D eigenvalue weighted by atomic mass is 9.60. The van der Waals surface area contributed by atoms with Crippen LogP contribution in [0.5, 0.6) is 0 Å². The van der Waals surface area contributed by atoms with Gasteiger partial charge in [0.2, 0.25) is 5.95 Å². The number of hydrogen-bond donors (Lipinski definition) is 2. The van der Waals surface area contributed by atoms with Gasteiger partial charge in [-0.15, -0.1) is 0 Å². The number of anilines is 5. The van der Waals surface area contributed by atoms with Crippen molar-refractivity contribution in [2.24, 2.45) is 5.41 Å². The van der Waals surface area contributed by atoms with Crippen molar-refractivity contribution in [2.45, 2.75) is 31.7 Å². The van der Waals surface area contributed by atoms with E-state index in [0.717, 1.165) is 36.9 Å². The molecule has 5 rings (SSSR count). The lowest BCUT2D eigenvalue weighted by Crippen LogP contribution is -2.53. The SMILES string of the molecule is CN(C)C1CC2(CCN(c3ccc(Nc4nccc(Nc5ccccc5P(C)(C)=O)n4)cc3[N+](=O)[O-])CC2)C1. The van der Waals surface area contributed by atoms with Crippen LogP contribution in [0.1, 0.15) is 25.7 Å². The number of nitrogens with zero attached hydrogens (tertiary/aromatic N) is 5. The van der Waals surface area contributed by atoms with Crippen LogP contribution in [0.25, 0.3) is 0 Å². The summed E-state index contributed by atoms with van der Waals surface area (Å²) in [6.45, 7) is 5.11. The third-order valence-electron chi connectivity index (χ3n) is 8.06. The maximum atomic E-state index is 12.7. The zero-order valence-electron chi connectivity index (χ0n) is 22.9. The summed E-state index contributed by atoms with van der Waals surface area (Å²) in [6, 6.07) is 15.0. The summed E-state index contributed by atoms with van der Waals surface area (Å²) in [5.74, 6) is 0.824. The van der Waals surface area contributed by atoms with E-state index in [1.807, 2.05) is 36.4 Å². The first kappa shape index (κ1) is 27.1. The molecule has 0 unspecified atom stereocenters. The maximum absolute atomic E-state index is 12.7. The van der Waals surface area contributed by atoms with Crippen molar-refractivity contribution in [1.29, 1.82) is 0 Å². The molecule has 1 saturated carbocycles. The van der Waals surface area contributed by atoms with Gasteiger partial charge < -0.3 is 25.0 Å². The number of nitro groups is 1. The Labute approximate surface area is 229 Å². The number of nitro benzene ring substituents is 1. The van der Waals surface area contributed by atoms with E-state index in [1.54, 1.807) is 31.7 Å². The smallest absolute Gasteiger partial charge is 0.294 e. The summed E-state index contributed by atoms with van der Waals surface area (Å²) >= 11 is 0. The van der Waals surface area contributed by atoms with Crippen LogP contribution >= 0.6 is 7.14 Å². The molecule has 206 valence electrons. The van der Waals surface area contributed by atoms with Gasteiger partial charge in [0.15, 0.2) is 0 Å². The molecule has 1 aliphatic carbocycles. The van der Waals surface area contributed by atoms with Gasteiger partial charge in [0.1, 0.15) is 18.6 Å². The van der Waals surface area contributed by atoms with Crippen molar-refractivity contribution in [1.82, 2.24) is 14.9 Å². The molecule has 11 heteroatoms. The molecule has 10 nitrogen and oxygen atoms in total. The predicted molar refractivity (Wildman–Crippen MR) is 158 cm³/mol. The molecular weight excluding hydrogens is 513 g/mol. The summed E-state index contributed by atoms with van der Waals surface area (Å²) in [4.78, 5) is 25.0. The molecule has 2 aromatic carbocycles. The summed E-state index contributed by atoms with van der Waals surface area (Å²) < 4.78 is 12.7. The molecule has 0 atom stereocenters. The molecule has 0 radical (unpaired) electrons. The fourth-order valence-electron chi connectivity index (χ4n) is 5.75. The van der Waals surface area contributed by atoms with Gasteiger partial charge in [0, 0.05) is 42.4 Å². The Morgan fingerprint density at radius 3 is 2.46 bits per heavy atom. The van der Waals surface area contributed by atoms with Gasteiger partial charge >= 0.3 is 0 Å². The van der Waals surface area contributed by atoms with E-state index < -0.39 is 7.14 Å². The highest BCUT2D eigenvalue weighted by Gasteiger charge is 2.46. The minimum absolute atomic E-state index is 0.0700. The van der Waals surface area contributed by atoms with Crippen LogP contribution in [-0.2, 0) is 4.57 Å². The Morgan fingerprint density at radius 1 is 1.08 bits per heavy atom. The molecule has 1 saturated heterocycles. The first-order chi connectivity index (χ1) is 18.5. The maximum Gasteiger partial charge on any atom is 0.294 e. The number of benzene rings is 2. The highest BCUT2D eigenvalue weighted by atomic mass is 31.2. The minimum atomic E-state index is -2.50. The van der Waals surface area contributed by atoms with Gasteiger partial charge in [-0.05, 0) is 88.9 Å². The zero-order chi connectivity index (χ0) is 27.8. The Morgan fingerprint density at radius 2 is 1.79 bits per heavy atom. The Hall–Kier alpha value is -3.49. The number of nitrogens with one attached hydrogen (secondary N) is 2. The average molecular weight is 550 g/mol. The van der Waals surface area contributed by atoms with E-state index in [2.05, 4.69) is 44.5 Å². The molecule has 0 bridgehead atoms. The average Bonchev–Trinajstić information content (AvgIpc) is 2.87. The number of para-hydroxylation sites is 1. The van der Waals surface area contributed by atoms with Crippen LogP contribution in [-0.4, -0.2) is 66.3 Å². The molecule has 2 fully saturated rings. The van der Waals surface area contributed by atoms with Crippen molar-refractivity contribution in [3.8, 4) is 0 Å². The fraction of sp³-hybridized carbons (Fsp3) is 0.429. The predicted octanol–water partition coefficient (Wildman–Crippen LogP) is 5.43. The normalized spacial score (nSPS) is 17.2. The third-order valence-corrected chi connectivity index (χ3v) is 9.61. The molecule has 1 spiro atoms. The second-order valence-electron chi connectivity index (χ2n) is 11.4. The van der Waals surface area contributed by atoms with E-state index in [9.17, 15) is 14.7 Å². The Kier molecular flexibility index (Phi) is 7.35. The van der Waals surface area contributed by atoms with Gasteiger partial charge in [-0.1, -0.05) is 12.1 Å². The van der Waals surface area contributed by atoms with Crippen LogP contribution < -0.4 is 20.8 Å². The lowest BCUT2D eigenvalue weighted by molar-refractivity contribution is -0.384. The van der Waals surface area contributed by atoms with E-state index in [1.165, 1.54) is 12.8 Å². The van der Waals surface area contributed by atoms with Gasteiger partial charge in [0.25, 0.3) is 5.69 Å². The van der Waals surface area contributed by atoms with E-state index in [-0.39, 0.29) is 10.6 Å². The fourth-order valence-corrected chi connectivity index (χ4v) is 6.91. The van der Waals surface area contributed by atoms with Crippen LogP contribution in [0.15, 0.2) is 54.7 Å². The number of piperidine rings is 1. The van der Waals surface area contributed by atoms with Crippen molar-refractivity contribution < 1.29 is 9.49 Å². The molecule has 1 aliphatic heterocycles. The van der Waals surface area contributed by atoms with Crippen molar-refractivity contribution >= 4 is 47.0 Å². The minimum Gasteiger partial charge on any atom is -0.366 e. The third kappa shape index (κ3) is 5.92. The van der Waals surface area contributed by atoms with Crippen LogP contribution in [0, 0.1) is 15.5 Å². The molecule has 2 heterocycles. The molecule has 2 aliphatic rings. The van der Waals surface area contributed by atoms with Gasteiger partial charge in [-0.3, -0.25) is 10.1 Å². The molecular formula is C28H36N7O3P. The van der Waals surface area contributed by atoms with Gasteiger partial charge in [-0.25, -0.2) is 4.98 Å². The number of aromatic nitrogens is 2. The zero-order valence-corrected chi connectivity index (χ0v) is 23.8. The second kappa shape index (κ2) is 10.6. The highest BCUT2D eigenvalue weighted by molar-refractivity contribution is 7.70. The van der Waals surface area contributed by atoms with Crippen molar-refractivity contribution in [3.05, 3.63) is 64.8 Å². The van der Waals surface area contributed by atoms with Crippen molar-refractivity contribution in [3.63, 3.8) is 0 Å². The highest BCUT2D eigenvalue weighted by Crippen LogP contribution is 2.51. The van der Waals surface area contributed by atoms with Gasteiger partial charge in [-0.2, -0.15) is 4.98 Å². The first-order valence-electron chi connectivity index (χ1n) is 13.2. The molecule has 3 aromatic rings. The quantitative estimate of drug-likeness (QED) is 0.215. The summed E-state index contributed by atoms with van der Waals surface area (Å²) in [7, 11) is 1.78. The van der Waals surface area contributed by atoms with Crippen LogP contribution in [0.4, 0.5) is 34.5 Å².